The van der Waals surface area contributed by atoms with Gasteiger partial charge in [0.25, 0.3) is 0 Å². The number of hydrogen-bond donors (Lipinski definition) is 1. The molecule has 2 nitrogen and oxygen atoms in total. The van der Waals surface area contributed by atoms with Crippen LogP contribution < -0.4 is 10.5 Å². The first kappa shape index (κ1) is 14.2. The predicted molar refractivity (Wildman–Crippen MR) is 57.3 cm³/mol. The van der Waals surface area contributed by atoms with Crippen LogP contribution in [0.25, 0.3) is 0 Å². The minimum Gasteiger partial charge on any atom is -0.483 e. The fourth-order valence-corrected chi connectivity index (χ4v) is 1.53. The lowest BCUT2D eigenvalue weighted by atomic mass is 10.3. The van der Waals surface area contributed by atoms with Crippen LogP contribution >= 0.6 is 23.2 Å². The maximum atomic E-state index is 12.6. The Labute approximate surface area is 104 Å². The maximum absolute atomic E-state index is 12.6. The monoisotopic (exact) mass is 291 g/mol. The lowest BCUT2D eigenvalue weighted by Crippen LogP contribution is -2.33. The van der Waals surface area contributed by atoms with Gasteiger partial charge in [0.2, 0.25) is 0 Å². The highest BCUT2D eigenvalue weighted by Gasteiger charge is 2.42. The number of rotatable bonds is 4. The van der Waals surface area contributed by atoms with Crippen molar-refractivity contribution in [2.24, 2.45) is 0 Å². The molecule has 96 valence electrons. The van der Waals surface area contributed by atoms with Gasteiger partial charge in [0.1, 0.15) is 0 Å². The van der Waals surface area contributed by atoms with E-state index in [2.05, 4.69) is 4.74 Å². The van der Waals surface area contributed by atoms with Crippen LogP contribution in [-0.4, -0.2) is 19.0 Å². The Morgan fingerprint density at radius 3 is 2.35 bits per heavy atom. The molecule has 1 rings (SSSR count). The van der Waals surface area contributed by atoms with Crippen molar-refractivity contribution >= 4 is 28.9 Å². The van der Waals surface area contributed by atoms with Gasteiger partial charge in [0.05, 0.1) is 10.7 Å². The van der Waals surface area contributed by atoms with E-state index in [4.69, 9.17) is 28.9 Å². The summed E-state index contributed by atoms with van der Waals surface area (Å²) in [6, 6.07) is 2.42. The van der Waals surface area contributed by atoms with Gasteiger partial charge in [-0.2, -0.15) is 8.78 Å². The summed E-state index contributed by atoms with van der Waals surface area (Å²) in [5.74, 6) is -4.56. The zero-order valence-corrected chi connectivity index (χ0v) is 9.70. The van der Waals surface area contributed by atoms with Crippen LogP contribution in [-0.2, 0) is 0 Å². The molecular formula is C9H7Cl2F4NO. The summed E-state index contributed by atoms with van der Waals surface area (Å²) in [5, 5.41) is 0.0561. The fourth-order valence-electron chi connectivity index (χ4n) is 0.964. The maximum Gasteiger partial charge on any atom is 0.340 e. The molecule has 0 bridgehead atoms. The van der Waals surface area contributed by atoms with Crippen LogP contribution in [0, 0.1) is 0 Å². The fraction of sp³-hybridized carbons (Fsp3) is 0.333. The van der Waals surface area contributed by atoms with Gasteiger partial charge >= 0.3 is 12.3 Å². The molecule has 0 fully saturated rings. The summed E-state index contributed by atoms with van der Waals surface area (Å²) in [7, 11) is 0. The number of benzene rings is 1. The van der Waals surface area contributed by atoms with E-state index in [-0.39, 0.29) is 21.5 Å². The summed E-state index contributed by atoms with van der Waals surface area (Å²) in [4.78, 5) is 0. The van der Waals surface area contributed by atoms with E-state index in [1.165, 1.54) is 12.1 Å². The van der Waals surface area contributed by atoms with Gasteiger partial charge in [-0.3, -0.25) is 0 Å². The number of anilines is 1. The number of ether oxygens (including phenoxy) is 1. The molecular weight excluding hydrogens is 285 g/mol. The second kappa shape index (κ2) is 5.18. The third-order valence-electron chi connectivity index (χ3n) is 1.77. The van der Waals surface area contributed by atoms with Gasteiger partial charge < -0.3 is 10.5 Å². The Bertz CT molecular complexity index is 391. The van der Waals surface area contributed by atoms with E-state index in [1.54, 1.807) is 0 Å². The second-order valence-electron chi connectivity index (χ2n) is 3.16. The molecule has 0 atom stereocenters. The Kier molecular flexibility index (Phi) is 4.32. The molecule has 0 saturated carbocycles. The highest BCUT2D eigenvalue weighted by atomic mass is 35.5. The highest BCUT2D eigenvalue weighted by molar-refractivity contribution is 6.36. The average molecular weight is 292 g/mol. The van der Waals surface area contributed by atoms with Gasteiger partial charge in [0, 0.05) is 5.02 Å². The predicted octanol–water partition coefficient (Wildman–Crippen LogP) is 3.85. The van der Waals surface area contributed by atoms with Crippen LogP contribution in [0.3, 0.4) is 0 Å². The zero-order chi connectivity index (χ0) is 13.2. The van der Waals surface area contributed by atoms with Crippen molar-refractivity contribution in [1.29, 1.82) is 0 Å². The molecule has 0 aliphatic carbocycles. The van der Waals surface area contributed by atoms with Gasteiger partial charge in [-0.15, -0.1) is 0 Å². The van der Waals surface area contributed by atoms with Crippen molar-refractivity contribution in [3.63, 3.8) is 0 Å². The molecule has 0 heterocycles. The van der Waals surface area contributed by atoms with E-state index in [9.17, 15) is 17.6 Å². The topological polar surface area (TPSA) is 35.2 Å². The van der Waals surface area contributed by atoms with Crippen LogP contribution in [0.4, 0.5) is 23.2 Å². The largest absolute Gasteiger partial charge is 0.483 e. The van der Waals surface area contributed by atoms with Crippen molar-refractivity contribution in [1.82, 2.24) is 0 Å². The first-order valence-corrected chi connectivity index (χ1v) is 5.03. The lowest BCUT2D eigenvalue weighted by molar-refractivity contribution is -0.148. The number of nitrogens with two attached hydrogens (primary N) is 1. The lowest BCUT2D eigenvalue weighted by Gasteiger charge is -2.17. The SMILES string of the molecule is Nc1cc(Cl)cc(Cl)c1OCC(F)(F)C(F)F. The summed E-state index contributed by atoms with van der Waals surface area (Å²) >= 11 is 11.2. The summed E-state index contributed by atoms with van der Waals surface area (Å²) < 4.78 is 53.4. The van der Waals surface area contributed by atoms with Crippen LogP contribution in [0.15, 0.2) is 12.1 Å². The summed E-state index contributed by atoms with van der Waals surface area (Å²) in [6.45, 7) is -1.52. The smallest absolute Gasteiger partial charge is 0.340 e. The molecule has 0 unspecified atom stereocenters. The Hall–Kier alpha value is -0.880. The summed E-state index contributed by atoms with van der Waals surface area (Å²) in [5.41, 5.74) is 5.30. The standard InChI is InChI=1S/C9H7Cl2F4NO/c10-4-1-5(11)7(6(16)2-4)17-3-9(14,15)8(12)13/h1-2,8H,3,16H2. The molecule has 0 amide bonds. The first-order chi connectivity index (χ1) is 7.74. The molecule has 17 heavy (non-hydrogen) atoms. The number of halogens is 6. The average Bonchev–Trinajstić information content (AvgIpc) is 2.15. The van der Waals surface area contributed by atoms with Gasteiger partial charge in [0.15, 0.2) is 12.4 Å². The van der Waals surface area contributed by atoms with Crippen molar-refractivity contribution in [2.45, 2.75) is 12.3 Å². The van der Waals surface area contributed by atoms with E-state index in [1.807, 2.05) is 0 Å². The molecule has 0 aliphatic heterocycles. The van der Waals surface area contributed by atoms with Gasteiger partial charge in [-0.25, -0.2) is 8.78 Å². The zero-order valence-electron chi connectivity index (χ0n) is 8.19. The minimum atomic E-state index is -4.27. The van der Waals surface area contributed by atoms with Crippen LogP contribution in [0.1, 0.15) is 0 Å². The third kappa shape index (κ3) is 3.54. The highest BCUT2D eigenvalue weighted by Crippen LogP contribution is 2.35. The molecule has 0 saturated heterocycles. The Balaban J connectivity index is 2.83. The quantitative estimate of drug-likeness (QED) is 0.675. The molecule has 2 N–H and O–H groups in total. The van der Waals surface area contributed by atoms with E-state index in [0.29, 0.717) is 0 Å². The van der Waals surface area contributed by atoms with Crippen molar-refractivity contribution < 1.29 is 22.3 Å². The first-order valence-electron chi connectivity index (χ1n) is 4.27. The number of alkyl halides is 4. The van der Waals surface area contributed by atoms with Crippen molar-refractivity contribution in [3.05, 3.63) is 22.2 Å². The van der Waals surface area contributed by atoms with Crippen molar-refractivity contribution in [3.8, 4) is 5.75 Å². The summed E-state index contributed by atoms with van der Waals surface area (Å²) in [6.07, 6.45) is -3.82. The number of nitrogen functional groups attached to an aromatic ring is 1. The Morgan fingerprint density at radius 2 is 1.88 bits per heavy atom. The molecule has 0 aromatic heterocycles. The third-order valence-corrected chi connectivity index (χ3v) is 2.26. The minimum absolute atomic E-state index is 0.104. The second-order valence-corrected chi connectivity index (χ2v) is 4.00. The van der Waals surface area contributed by atoms with Crippen LogP contribution in [0.2, 0.25) is 10.0 Å². The molecule has 1 aromatic rings. The molecule has 1 aromatic carbocycles. The molecule has 0 aliphatic rings. The molecule has 8 heteroatoms. The normalized spacial score (nSPS) is 11.9. The van der Waals surface area contributed by atoms with Gasteiger partial charge in [-0.05, 0) is 12.1 Å². The van der Waals surface area contributed by atoms with E-state index < -0.39 is 19.0 Å². The van der Waals surface area contributed by atoms with E-state index in [0.717, 1.165) is 0 Å². The van der Waals surface area contributed by atoms with Crippen LogP contribution in [0.5, 0.6) is 5.75 Å². The molecule has 0 radical (unpaired) electrons. The number of hydrogen-bond acceptors (Lipinski definition) is 2. The molecule has 0 spiro atoms. The Morgan fingerprint density at radius 1 is 1.29 bits per heavy atom. The van der Waals surface area contributed by atoms with Gasteiger partial charge in [-0.1, -0.05) is 23.2 Å². The van der Waals surface area contributed by atoms with Crippen molar-refractivity contribution in [2.75, 3.05) is 12.3 Å². The van der Waals surface area contributed by atoms with E-state index >= 15 is 0 Å².